The number of carboxylic acid groups (broad SMARTS) is 1. The molecule has 1 N–H and O–H groups in total. The van der Waals surface area contributed by atoms with Gasteiger partial charge in [0, 0.05) is 0 Å². The molecule has 0 aliphatic carbocycles. The molecule has 0 fully saturated rings. The summed E-state index contributed by atoms with van der Waals surface area (Å²) in [4.78, 5) is 10.2. The van der Waals surface area contributed by atoms with E-state index in [1.807, 2.05) is 0 Å². The standard InChI is InChI=1S/C13H9FO4S/c14-19(17,18)12-7-6-10(8-11(12)13(15)16)9-4-2-1-3-5-9/h1-8H,(H,15,16). The van der Waals surface area contributed by atoms with Crippen molar-refractivity contribution < 1.29 is 22.2 Å². The van der Waals surface area contributed by atoms with Crippen molar-refractivity contribution in [2.24, 2.45) is 0 Å². The topological polar surface area (TPSA) is 71.4 Å². The van der Waals surface area contributed by atoms with Crippen molar-refractivity contribution in [1.29, 1.82) is 0 Å². The van der Waals surface area contributed by atoms with Crippen molar-refractivity contribution in [3.63, 3.8) is 0 Å². The quantitative estimate of drug-likeness (QED) is 0.877. The zero-order chi connectivity index (χ0) is 14.0. The molecule has 0 bridgehead atoms. The Labute approximate surface area is 109 Å². The first-order valence-corrected chi connectivity index (χ1v) is 6.65. The van der Waals surface area contributed by atoms with Gasteiger partial charge in [-0.1, -0.05) is 36.4 Å². The van der Waals surface area contributed by atoms with Gasteiger partial charge in [0.05, 0.1) is 5.56 Å². The molecule has 0 aliphatic heterocycles. The summed E-state index contributed by atoms with van der Waals surface area (Å²) in [5.74, 6) is -1.49. The summed E-state index contributed by atoms with van der Waals surface area (Å²) in [6.45, 7) is 0. The van der Waals surface area contributed by atoms with Crippen LogP contribution < -0.4 is 0 Å². The fourth-order valence-corrected chi connectivity index (χ4v) is 2.36. The largest absolute Gasteiger partial charge is 0.478 e. The van der Waals surface area contributed by atoms with Crippen molar-refractivity contribution >= 4 is 16.2 Å². The van der Waals surface area contributed by atoms with Crippen molar-refractivity contribution in [2.75, 3.05) is 0 Å². The second kappa shape index (κ2) is 4.81. The van der Waals surface area contributed by atoms with E-state index in [-0.39, 0.29) is 0 Å². The smallest absolute Gasteiger partial charge is 0.337 e. The summed E-state index contributed by atoms with van der Waals surface area (Å²) in [6, 6.07) is 12.3. The van der Waals surface area contributed by atoms with E-state index in [2.05, 4.69) is 0 Å². The highest BCUT2D eigenvalue weighted by Gasteiger charge is 2.22. The Hall–Kier alpha value is -2.21. The normalized spacial score (nSPS) is 11.2. The van der Waals surface area contributed by atoms with Gasteiger partial charge in [-0.3, -0.25) is 0 Å². The van der Waals surface area contributed by atoms with Crippen LogP contribution in [0.1, 0.15) is 10.4 Å². The number of benzene rings is 2. The van der Waals surface area contributed by atoms with Gasteiger partial charge in [-0.2, -0.15) is 8.42 Å². The fourth-order valence-electron chi connectivity index (χ4n) is 1.72. The second-order valence-electron chi connectivity index (χ2n) is 3.82. The van der Waals surface area contributed by atoms with Crippen molar-refractivity contribution in [1.82, 2.24) is 0 Å². The van der Waals surface area contributed by atoms with Crippen LogP contribution in [0.15, 0.2) is 53.4 Å². The second-order valence-corrected chi connectivity index (χ2v) is 5.14. The Kier molecular flexibility index (Phi) is 3.35. The molecule has 2 aromatic rings. The molecule has 0 aromatic heterocycles. The highest BCUT2D eigenvalue weighted by molar-refractivity contribution is 7.86. The van der Waals surface area contributed by atoms with E-state index >= 15 is 0 Å². The summed E-state index contributed by atoms with van der Waals surface area (Å²) < 4.78 is 34.7. The number of hydrogen-bond acceptors (Lipinski definition) is 3. The predicted octanol–water partition coefficient (Wildman–Crippen LogP) is 2.71. The minimum absolute atomic E-state index is 0.505. The minimum atomic E-state index is -5.06. The van der Waals surface area contributed by atoms with Crippen LogP contribution in [0, 0.1) is 0 Å². The highest BCUT2D eigenvalue weighted by atomic mass is 32.3. The average molecular weight is 280 g/mol. The third kappa shape index (κ3) is 2.79. The number of rotatable bonds is 3. The van der Waals surface area contributed by atoms with Crippen LogP contribution in [0.3, 0.4) is 0 Å². The van der Waals surface area contributed by atoms with Crippen molar-refractivity contribution in [2.45, 2.75) is 4.90 Å². The molecule has 2 rings (SSSR count). The Bertz CT molecular complexity index is 724. The van der Waals surface area contributed by atoms with Gasteiger partial charge in [-0.15, -0.1) is 3.89 Å². The summed E-state index contributed by atoms with van der Waals surface area (Å²) in [7, 11) is -5.06. The first kappa shape index (κ1) is 13.2. The lowest BCUT2D eigenvalue weighted by Crippen LogP contribution is -2.05. The molecule has 0 saturated carbocycles. The number of halogens is 1. The Morgan fingerprint density at radius 3 is 2.16 bits per heavy atom. The average Bonchev–Trinajstić information content (AvgIpc) is 2.38. The summed E-state index contributed by atoms with van der Waals surface area (Å²) in [5, 5.41) is 8.97. The van der Waals surface area contributed by atoms with Crippen LogP contribution in [0.5, 0.6) is 0 Å². The lowest BCUT2D eigenvalue weighted by atomic mass is 10.0. The Morgan fingerprint density at radius 2 is 1.63 bits per heavy atom. The molecule has 0 amide bonds. The summed E-state index contributed by atoms with van der Waals surface area (Å²) in [5.41, 5.74) is 0.641. The molecule has 4 nitrogen and oxygen atoms in total. The fraction of sp³-hybridized carbons (Fsp3) is 0. The number of aromatic carboxylic acids is 1. The van der Waals surface area contributed by atoms with Crippen LogP contribution in [0.25, 0.3) is 11.1 Å². The van der Waals surface area contributed by atoms with Gasteiger partial charge in [0.25, 0.3) is 0 Å². The van der Waals surface area contributed by atoms with Crippen LogP contribution in [0.4, 0.5) is 3.89 Å². The number of carboxylic acids is 1. The third-order valence-electron chi connectivity index (χ3n) is 2.58. The zero-order valence-corrected chi connectivity index (χ0v) is 10.4. The molecule has 2 aromatic carbocycles. The van der Waals surface area contributed by atoms with Gasteiger partial charge in [0.15, 0.2) is 0 Å². The SMILES string of the molecule is O=C(O)c1cc(-c2ccccc2)ccc1S(=O)(=O)F. The molecule has 0 radical (unpaired) electrons. The predicted molar refractivity (Wildman–Crippen MR) is 67.1 cm³/mol. The molecule has 0 saturated heterocycles. The van der Waals surface area contributed by atoms with E-state index in [1.165, 1.54) is 6.07 Å². The molecule has 98 valence electrons. The molecule has 0 atom stereocenters. The molecule has 0 unspecified atom stereocenters. The third-order valence-corrected chi connectivity index (χ3v) is 3.46. The van der Waals surface area contributed by atoms with E-state index in [0.717, 1.165) is 12.1 Å². The highest BCUT2D eigenvalue weighted by Crippen LogP contribution is 2.26. The molecule has 0 aliphatic rings. The Morgan fingerprint density at radius 1 is 1.00 bits per heavy atom. The minimum Gasteiger partial charge on any atom is -0.478 e. The monoisotopic (exact) mass is 280 g/mol. The van der Waals surface area contributed by atoms with E-state index < -0.39 is 26.7 Å². The molecular weight excluding hydrogens is 271 g/mol. The van der Waals surface area contributed by atoms with Crippen LogP contribution in [0.2, 0.25) is 0 Å². The van der Waals surface area contributed by atoms with E-state index in [0.29, 0.717) is 11.1 Å². The maximum atomic E-state index is 13.0. The van der Waals surface area contributed by atoms with Crippen molar-refractivity contribution in [3.8, 4) is 11.1 Å². The molecule has 0 spiro atoms. The van der Waals surface area contributed by atoms with Crippen LogP contribution in [-0.4, -0.2) is 19.5 Å². The van der Waals surface area contributed by atoms with Gasteiger partial charge in [0.1, 0.15) is 4.90 Å². The van der Waals surface area contributed by atoms with Crippen LogP contribution in [-0.2, 0) is 10.2 Å². The maximum Gasteiger partial charge on any atom is 0.337 e. The van der Waals surface area contributed by atoms with Gasteiger partial charge in [-0.05, 0) is 23.3 Å². The van der Waals surface area contributed by atoms with E-state index in [4.69, 9.17) is 5.11 Å². The Balaban J connectivity index is 2.65. The lowest BCUT2D eigenvalue weighted by molar-refractivity contribution is 0.0692. The molecule has 6 heteroatoms. The maximum absolute atomic E-state index is 13.0. The first-order valence-electron chi connectivity index (χ1n) is 5.27. The van der Waals surface area contributed by atoms with E-state index in [9.17, 15) is 17.1 Å². The lowest BCUT2D eigenvalue weighted by Gasteiger charge is -2.06. The van der Waals surface area contributed by atoms with Crippen molar-refractivity contribution in [3.05, 3.63) is 54.1 Å². The molecule has 19 heavy (non-hydrogen) atoms. The van der Waals surface area contributed by atoms with Gasteiger partial charge in [-0.25, -0.2) is 4.79 Å². The molecule has 0 heterocycles. The van der Waals surface area contributed by atoms with Crippen LogP contribution >= 0.6 is 0 Å². The zero-order valence-electron chi connectivity index (χ0n) is 9.58. The van der Waals surface area contributed by atoms with Gasteiger partial charge >= 0.3 is 16.2 Å². The number of hydrogen-bond donors (Lipinski definition) is 1. The number of carbonyl (C=O) groups is 1. The first-order chi connectivity index (χ1) is 8.89. The van der Waals surface area contributed by atoms with E-state index in [1.54, 1.807) is 30.3 Å². The molecular formula is C13H9FO4S. The summed E-state index contributed by atoms with van der Waals surface area (Å²) >= 11 is 0. The van der Waals surface area contributed by atoms with Gasteiger partial charge < -0.3 is 5.11 Å². The van der Waals surface area contributed by atoms with Gasteiger partial charge in [0.2, 0.25) is 0 Å². The summed E-state index contributed by atoms with van der Waals surface area (Å²) in [6.07, 6.45) is 0.